The number of carbonyl (C=O) groups excluding carboxylic acids is 1. The Morgan fingerprint density at radius 3 is 3.10 bits per heavy atom. The van der Waals surface area contributed by atoms with Gasteiger partial charge in [-0.1, -0.05) is 13.0 Å². The second kappa shape index (κ2) is 4.56. The molecule has 116 valence electrons. The van der Waals surface area contributed by atoms with Crippen molar-refractivity contribution in [2.24, 2.45) is 23.7 Å². The standard InChI is InChI=1S/C17H25NO3/c1-10-8-17-13-4-3-5-18(17)9-11(10)6-14(17)12(7-15(13)19)16(20)21-2/h6,10-13,15,19H,3-5,7-9H2,1-2H3/t10-,11+,12+,13-,15-,17+/m1/s1. The third-order valence-electron chi connectivity index (χ3n) is 6.61. The molecule has 5 aliphatic rings. The Labute approximate surface area is 126 Å². The van der Waals surface area contributed by atoms with E-state index in [1.54, 1.807) is 0 Å². The molecule has 2 bridgehead atoms. The predicted molar refractivity (Wildman–Crippen MR) is 78.5 cm³/mol. The van der Waals surface area contributed by atoms with Crippen LogP contribution in [-0.4, -0.2) is 47.8 Å². The van der Waals surface area contributed by atoms with Crippen LogP contribution in [0.1, 0.15) is 32.6 Å². The molecule has 0 aromatic carbocycles. The van der Waals surface area contributed by atoms with Crippen molar-refractivity contribution in [3.05, 3.63) is 11.6 Å². The second-order valence-corrected chi connectivity index (χ2v) is 7.47. The highest BCUT2D eigenvalue weighted by Gasteiger charge is 2.62. The highest BCUT2D eigenvalue weighted by Crippen LogP contribution is 2.59. The Kier molecular flexibility index (Phi) is 2.99. The van der Waals surface area contributed by atoms with Crippen molar-refractivity contribution >= 4 is 5.97 Å². The minimum atomic E-state index is -0.379. The van der Waals surface area contributed by atoms with E-state index in [1.807, 2.05) is 0 Å². The quantitative estimate of drug-likeness (QED) is 0.589. The molecule has 4 heteroatoms. The van der Waals surface area contributed by atoms with E-state index in [0.717, 1.165) is 25.9 Å². The molecular weight excluding hydrogens is 266 g/mol. The summed E-state index contributed by atoms with van der Waals surface area (Å²) in [5.74, 6) is 1.09. The van der Waals surface area contributed by atoms with E-state index in [9.17, 15) is 9.90 Å². The lowest BCUT2D eigenvalue weighted by atomic mass is 9.51. The zero-order valence-corrected chi connectivity index (χ0v) is 12.9. The van der Waals surface area contributed by atoms with Crippen LogP contribution in [0.2, 0.25) is 0 Å². The van der Waals surface area contributed by atoms with Crippen molar-refractivity contribution < 1.29 is 14.6 Å². The first-order valence-corrected chi connectivity index (χ1v) is 8.31. The Hall–Kier alpha value is -0.870. The Morgan fingerprint density at radius 2 is 2.33 bits per heavy atom. The number of carbonyl (C=O) groups is 1. The summed E-state index contributed by atoms with van der Waals surface area (Å²) in [4.78, 5) is 14.8. The number of fused-ring (bicyclic) bond motifs is 1. The maximum atomic E-state index is 12.2. The molecule has 6 atom stereocenters. The summed E-state index contributed by atoms with van der Waals surface area (Å²) < 4.78 is 5.03. The van der Waals surface area contributed by atoms with Gasteiger partial charge in [0.15, 0.2) is 0 Å². The zero-order chi connectivity index (χ0) is 14.8. The molecule has 0 aromatic heterocycles. The number of esters is 1. The van der Waals surface area contributed by atoms with Crippen LogP contribution in [-0.2, 0) is 9.53 Å². The van der Waals surface area contributed by atoms with Gasteiger partial charge in [-0.3, -0.25) is 9.69 Å². The van der Waals surface area contributed by atoms with Crippen LogP contribution in [0, 0.1) is 23.7 Å². The highest BCUT2D eigenvalue weighted by molar-refractivity contribution is 5.77. The van der Waals surface area contributed by atoms with Gasteiger partial charge in [-0.15, -0.1) is 0 Å². The molecule has 0 unspecified atom stereocenters. The van der Waals surface area contributed by atoms with Crippen LogP contribution in [0.4, 0.5) is 0 Å². The molecule has 3 heterocycles. The molecule has 3 fully saturated rings. The number of ether oxygens (including phenoxy) is 1. The molecule has 1 N–H and O–H groups in total. The van der Waals surface area contributed by atoms with Gasteiger partial charge in [-0.2, -0.15) is 0 Å². The van der Waals surface area contributed by atoms with Gasteiger partial charge in [0.25, 0.3) is 0 Å². The lowest BCUT2D eigenvalue weighted by Crippen LogP contribution is -2.71. The van der Waals surface area contributed by atoms with E-state index in [2.05, 4.69) is 17.9 Å². The maximum absolute atomic E-state index is 12.2. The molecule has 0 amide bonds. The molecule has 0 radical (unpaired) electrons. The number of methoxy groups -OCH3 is 1. The summed E-state index contributed by atoms with van der Waals surface area (Å²) in [6.07, 6.45) is 5.88. The van der Waals surface area contributed by atoms with Crippen LogP contribution in [0.15, 0.2) is 11.6 Å². The average molecular weight is 291 g/mol. The van der Waals surface area contributed by atoms with Crippen LogP contribution in [0.25, 0.3) is 0 Å². The lowest BCUT2D eigenvalue weighted by Gasteiger charge is -2.65. The second-order valence-electron chi connectivity index (χ2n) is 7.47. The highest BCUT2D eigenvalue weighted by atomic mass is 16.5. The van der Waals surface area contributed by atoms with Crippen molar-refractivity contribution in [1.82, 2.24) is 4.90 Å². The third-order valence-corrected chi connectivity index (χ3v) is 6.61. The van der Waals surface area contributed by atoms with Gasteiger partial charge in [0.2, 0.25) is 0 Å². The summed E-state index contributed by atoms with van der Waals surface area (Å²) in [5, 5.41) is 10.7. The molecule has 2 saturated heterocycles. The van der Waals surface area contributed by atoms with Gasteiger partial charge in [0, 0.05) is 18.0 Å². The molecule has 4 nitrogen and oxygen atoms in total. The first kappa shape index (κ1) is 13.8. The summed E-state index contributed by atoms with van der Waals surface area (Å²) in [6.45, 7) is 4.53. The molecule has 1 saturated carbocycles. The van der Waals surface area contributed by atoms with Crippen LogP contribution in [0.3, 0.4) is 0 Å². The zero-order valence-electron chi connectivity index (χ0n) is 12.9. The van der Waals surface area contributed by atoms with Crippen LogP contribution >= 0.6 is 0 Å². The number of hydrogen-bond acceptors (Lipinski definition) is 4. The van der Waals surface area contributed by atoms with Crippen molar-refractivity contribution in [1.29, 1.82) is 0 Å². The van der Waals surface area contributed by atoms with Crippen LogP contribution in [0.5, 0.6) is 0 Å². The number of rotatable bonds is 1. The summed E-state index contributed by atoms with van der Waals surface area (Å²) in [7, 11) is 1.46. The first-order chi connectivity index (χ1) is 10.1. The maximum Gasteiger partial charge on any atom is 0.312 e. The normalized spacial score (nSPS) is 48.5. The van der Waals surface area contributed by atoms with E-state index in [-0.39, 0.29) is 23.5 Å². The summed E-state index contributed by atoms with van der Waals surface area (Å²) in [6, 6.07) is 0. The topological polar surface area (TPSA) is 49.8 Å². The Bertz CT molecular complexity index is 502. The number of aliphatic hydroxyl groups is 1. The molecule has 1 spiro atoms. The van der Waals surface area contributed by atoms with E-state index in [4.69, 9.17) is 4.74 Å². The van der Waals surface area contributed by atoms with Gasteiger partial charge in [-0.25, -0.2) is 0 Å². The minimum Gasteiger partial charge on any atom is -0.469 e. The fraction of sp³-hybridized carbons (Fsp3) is 0.824. The van der Waals surface area contributed by atoms with Gasteiger partial charge in [0.05, 0.1) is 19.1 Å². The van der Waals surface area contributed by atoms with Gasteiger partial charge in [-0.05, 0) is 49.6 Å². The smallest absolute Gasteiger partial charge is 0.312 e. The van der Waals surface area contributed by atoms with Crippen molar-refractivity contribution in [2.45, 2.75) is 44.2 Å². The molecule has 3 aliphatic heterocycles. The van der Waals surface area contributed by atoms with E-state index in [1.165, 1.54) is 19.1 Å². The molecular formula is C17H25NO3. The Morgan fingerprint density at radius 1 is 1.52 bits per heavy atom. The Balaban J connectivity index is 1.84. The fourth-order valence-corrected chi connectivity index (χ4v) is 5.72. The van der Waals surface area contributed by atoms with E-state index >= 15 is 0 Å². The number of hydrogen-bond donors (Lipinski definition) is 1. The predicted octanol–water partition coefficient (Wildman–Crippen LogP) is 1.59. The average Bonchev–Trinajstić information content (AvgIpc) is 2.49. The van der Waals surface area contributed by atoms with Crippen molar-refractivity contribution in [3.8, 4) is 0 Å². The van der Waals surface area contributed by atoms with Gasteiger partial charge < -0.3 is 9.84 Å². The number of nitrogens with zero attached hydrogens (tertiary/aromatic N) is 1. The lowest BCUT2D eigenvalue weighted by molar-refractivity contribution is -0.157. The monoisotopic (exact) mass is 291 g/mol. The minimum absolute atomic E-state index is 0.0665. The van der Waals surface area contributed by atoms with E-state index < -0.39 is 0 Å². The number of piperidine rings is 2. The van der Waals surface area contributed by atoms with Crippen molar-refractivity contribution in [3.63, 3.8) is 0 Å². The molecule has 5 rings (SSSR count). The largest absolute Gasteiger partial charge is 0.469 e. The molecule has 21 heavy (non-hydrogen) atoms. The van der Waals surface area contributed by atoms with Gasteiger partial charge in [0.1, 0.15) is 0 Å². The fourth-order valence-electron chi connectivity index (χ4n) is 5.72. The van der Waals surface area contributed by atoms with E-state index in [0.29, 0.717) is 24.2 Å². The van der Waals surface area contributed by atoms with Crippen LogP contribution < -0.4 is 0 Å². The van der Waals surface area contributed by atoms with Crippen molar-refractivity contribution in [2.75, 3.05) is 20.2 Å². The summed E-state index contributed by atoms with van der Waals surface area (Å²) in [5.41, 5.74) is 1.21. The number of aliphatic hydroxyl groups excluding tert-OH is 1. The molecule has 0 aromatic rings. The third kappa shape index (κ3) is 1.66. The van der Waals surface area contributed by atoms with Gasteiger partial charge >= 0.3 is 5.97 Å². The first-order valence-electron chi connectivity index (χ1n) is 8.31. The summed E-state index contributed by atoms with van der Waals surface area (Å²) >= 11 is 0. The molecule has 2 aliphatic carbocycles. The SMILES string of the molecule is COC(=O)[C@H]1C[C@@H](O)[C@H]2CCCN3C[C@@H]4C=C1[C@]23C[C@H]4C.